The molecule has 5 heteroatoms. The summed E-state index contributed by atoms with van der Waals surface area (Å²) in [7, 11) is 0. The van der Waals surface area contributed by atoms with Crippen molar-refractivity contribution in [3.05, 3.63) is 60.2 Å². The molecule has 1 aliphatic rings. The van der Waals surface area contributed by atoms with Crippen LogP contribution in [0.3, 0.4) is 0 Å². The number of aliphatic imine (C=N–C) groups is 1. The molecule has 2 N–H and O–H groups in total. The van der Waals surface area contributed by atoms with E-state index in [9.17, 15) is 0 Å². The van der Waals surface area contributed by atoms with Crippen molar-refractivity contribution in [3.8, 4) is 0 Å². The molecule has 0 amide bonds. The van der Waals surface area contributed by atoms with E-state index >= 15 is 0 Å². The molecule has 0 radical (unpaired) electrons. The fraction of sp³-hybridized carbons (Fsp3) is 0.435. The summed E-state index contributed by atoms with van der Waals surface area (Å²) < 4.78 is 0. The Kier molecular flexibility index (Phi) is 9.25. The third-order valence-electron chi connectivity index (χ3n) is 5.00. The van der Waals surface area contributed by atoms with Crippen LogP contribution in [0.2, 0.25) is 0 Å². The lowest BCUT2D eigenvalue weighted by Crippen LogP contribution is -2.48. The number of likely N-dealkylation sites (tertiary alicyclic amines) is 1. The van der Waals surface area contributed by atoms with Crippen LogP contribution in [-0.4, -0.2) is 43.1 Å². The maximum absolute atomic E-state index is 4.82. The van der Waals surface area contributed by atoms with Gasteiger partial charge in [-0.05, 0) is 49.1 Å². The molecule has 0 aliphatic carbocycles. The van der Waals surface area contributed by atoms with E-state index in [-0.39, 0.29) is 24.0 Å². The van der Waals surface area contributed by atoms with Crippen LogP contribution in [0.4, 0.5) is 0 Å². The number of rotatable bonds is 6. The zero-order valence-corrected chi connectivity index (χ0v) is 19.4. The normalized spacial score (nSPS) is 15.9. The van der Waals surface area contributed by atoms with Crippen molar-refractivity contribution in [1.82, 2.24) is 15.5 Å². The zero-order valence-electron chi connectivity index (χ0n) is 17.1. The second-order valence-electron chi connectivity index (χ2n) is 7.53. The summed E-state index contributed by atoms with van der Waals surface area (Å²) in [5.41, 5.74) is 2.48. The Bertz CT molecular complexity index is 794. The zero-order chi connectivity index (χ0) is 19.1. The number of nitrogens with zero attached hydrogens (tertiary/aromatic N) is 2. The molecule has 0 spiro atoms. The van der Waals surface area contributed by atoms with Gasteiger partial charge in [-0.15, -0.1) is 24.0 Å². The van der Waals surface area contributed by atoms with Crippen LogP contribution in [-0.2, 0) is 6.54 Å². The van der Waals surface area contributed by atoms with Crippen LogP contribution in [0.15, 0.2) is 59.6 Å². The Morgan fingerprint density at radius 3 is 2.54 bits per heavy atom. The van der Waals surface area contributed by atoms with Crippen LogP contribution in [0.5, 0.6) is 0 Å². The highest BCUT2D eigenvalue weighted by molar-refractivity contribution is 14.0. The predicted octanol–water partition coefficient (Wildman–Crippen LogP) is 4.55. The summed E-state index contributed by atoms with van der Waals surface area (Å²) in [5, 5.41) is 9.57. The van der Waals surface area contributed by atoms with Gasteiger partial charge in [-0.2, -0.15) is 0 Å². The second kappa shape index (κ2) is 11.4. The lowest BCUT2D eigenvalue weighted by molar-refractivity contribution is 0.221. The number of nitrogens with one attached hydrogen (secondary N) is 2. The smallest absolute Gasteiger partial charge is 0.191 e. The molecule has 1 heterocycles. The van der Waals surface area contributed by atoms with E-state index in [0.717, 1.165) is 45.0 Å². The highest BCUT2D eigenvalue weighted by Crippen LogP contribution is 2.16. The molecule has 2 aromatic rings. The van der Waals surface area contributed by atoms with E-state index in [1.54, 1.807) is 0 Å². The SMILES string of the molecule is C=C(C)CN1CCC(NC(=NCc2ccc3ccccc3c2)NCC)CC1.I. The van der Waals surface area contributed by atoms with Gasteiger partial charge in [0.15, 0.2) is 5.96 Å². The van der Waals surface area contributed by atoms with Crippen molar-refractivity contribution in [1.29, 1.82) is 0 Å². The standard InChI is InChI=1S/C23H32N4.HI/c1-4-24-23(26-22-11-13-27(14-12-22)17-18(2)3)25-16-19-9-10-20-7-5-6-8-21(20)15-19;/h5-10,15,22H,2,4,11-14,16-17H2,1,3H3,(H2,24,25,26);1H. The number of benzene rings is 2. The van der Waals surface area contributed by atoms with Crippen LogP contribution < -0.4 is 10.6 Å². The van der Waals surface area contributed by atoms with Crippen molar-refractivity contribution < 1.29 is 0 Å². The van der Waals surface area contributed by atoms with E-state index < -0.39 is 0 Å². The average molecular weight is 492 g/mol. The number of fused-ring (bicyclic) bond motifs is 1. The number of halogens is 1. The fourth-order valence-electron chi connectivity index (χ4n) is 3.64. The van der Waals surface area contributed by atoms with Gasteiger partial charge in [-0.1, -0.05) is 48.6 Å². The molecule has 28 heavy (non-hydrogen) atoms. The maximum atomic E-state index is 4.82. The topological polar surface area (TPSA) is 39.7 Å². The maximum Gasteiger partial charge on any atom is 0.191 e. The molecular formula is C23H33IN4. The minimum Gasteiger partial charge on any atom is -0.357 e. The van der Waals surface area contributed by atoms with Crippen LogP contribution in [0, 0.1) is 0 Å². The van der Waals surface area contributed by atoms with E-state index in [1.165, 1.54) is 21.9 Å². The largest absolute Gasteiger partial charge is 0.357 e. The molecule has 4 nitrogen and oxygen atoms in total. The summed E-state index contributed by atoms with van der Waals surface area (Å²) in [4.78, 5) is 7.30. The third-order valence-corrected chi connectivity index (χ3v) is 5.00. The van der Waals surface area contributed by atoms with E-state index in [4.69, 9.17) is 4.99 Å². The summed E-state index contributed by atoms with van der Waals surface area (Å²) in [6.45, 7) is 13.1. The summed E-state index contributed by atoms with van der Waals surface area (Å²) in [6.07, 6.45) is 2.29. The van der Waals surface area contributed by atoms with Crippen molar-refractivity contribution in [2.45, 2.75) is 39.3 Å². The molecule has 0 saturated carbocycles. The number of piperidine rings is 1. The Hall–Kier alpha value is -1.60. The molecule has 1 saturated heterocycles. The molecule has 1 fully saturated rings. The number of hydrogen-bond donors (Lipinski definition) is 2. The van der Waals surface area contributed by atoms with Crippen molar-refractivity contribution >= 4 is 40.7 Å². The lowest BCUT2D eigenvalue weighted by atomic mass is 10.0. The quantitative estimate of drug-likeness (QED) is 0.269. The molecular weight excluding hydrogens is 459 g/mol. The van der Waals surface area contributed by atoms with Crippen LogP contribution in [0.25, 0.3) is 10.8 Å². The molecule has 0 bridgehead atoms. The third kappa shape index (κ3) is 6.78. The molecule has 152 valence electrons. The number of hydrogen-bond acceptors (Lipinski definition) is 2. The Balaban J connectivity index is 0.00000280. The Labute approximate surface area is 186 Å². The average Bonchev–Trinajstić information content (AvgIpc) is 2.67. The van der Waals surface area contributed by atoms with Crippen LogP contribution >= 0.6 is 24.0 Å². The first-order valence-corrected chi connectivity index (χ1v) is 10.0. The molecule has 2 aromatic carbocycles. The van der Waals surface area contributed by atoms with Crippen LogP contribution in [0.1, 0.15) is 32.3 Å². The van der Waals surface area contributed by atoms with Gasteiger partial charge in [0.25, 0.3) is 0 Å². The van der Waals surface area contributed by atoms with Crippen molar-refractivity contribution in [2.75, 3.05) is 26.2 Å². The summed E-state index contributed by atoms with van der Waals surface area (Å²) >= 11 is 0. The van der Waals surface area contributed by atoms with Gasteiger partial charge in [0, 0.05) is 32.2 Å². The fourth-order valence-corrected chi connectivity index (χ4v) is 3.64. The summed E-state index contributed by atoms with van der Waals surface area (Å²) in [5.74, 6) is 0.920. The minimum atomic E-state index is 0. The molecule has 0 unspecified atom stereocenters. The molecule has 1 aliphatic heterocycles. The Morgan fingerprint density at radius 2 is 1.86 bits per heavy atom. The van der Waals surface area contributed by atoms with E-state index in [2.05, 4.69) is 78.4 Å². The number of guanidine groups is 1. The van der Waals surface area contributed by atoms with Crippen molar-refractivity contribution in [2.24, 2.45) is 4.99 Å². The van der Waals surface area contributed by atoms with Crippen molar-refractivity contribution in [3.63, 3.8) is 0 Å². The van der Waals surface area contributed by atoms with Gasteiger partial charge in [-0.25, -0.2) is 4.99 Å². The lowest BCUT2D eigenvalue weighted by Gasteiger charge is -2.33. The minimum absolute atomic E-state index is 0. The van der Waals surface area contributed by atoms with E-state index in [1.807, 2.05) is 0 Å². The van der Waals surface area contributed by atoms with E-state index in [0.29, 0.717) is 12.6 Å². The van der Waals surface area contributed by atoms with Gasteiger partial charge in [0.05, 0.1) is 6.54 Å². The monoisotopic (exact) mass is 492 g/mol. The Morgan fingerprint density at radius 1 is 1.14 bits per heavy atom. The van der Waals surface area contributed by atoms with Gasteiger partial charge < -0.3 is 10.6 Å². The highest BCUT2D eigenvalue weighted by Gasteiger charge is 2.19. The highest BCUT2D eigenvalue weighted by atomic mass is 127. The molecule has 0 aromatic heterocycles. The first kappa shape index (κ1) is 22.7. The second-order valence-corrected chi connectivity index (χ2v) is 7.53. The molecule has 0 atom stereocenters. The first-order chi connectivity index (χ1) is 13.1. The molecule has 3 rings (SSSR count). The van der Waals surface area contributed by atoms with Gasteiger partial charge in [0.2, 0.25) is 0 Å². The van der Waals surface area contributed by atoms with Gasteiger partial charge in [-0.3, -0.25) is 4.90 Å². The summed E-state index contributed by atoms with van der Waals surface area (Å²) in [6, 6.07) is 15.5. The predicted molar refractivity (Wildman–Crippen MR) is 132 cm³/mol. The van der Waals surface area contributed by atoms with Gasteiger partial charge in [0.1, 0.15) is 0 Å². The van der Waals surface area contributed by atoms with Gasteiger partial charge >= 0.3 is 0 Å². The first-order valence-electron chi connectivity index (χ1n) is 10.0.